The molecule has 0 unspecified atom stereocenters. The number of anilines is 1. The average Bonchev–Trinajstić information content (AvgIpc) is 2.80. The van der Waals surface area contributed by atoms with E-state index in [-0.39, 0.29) is 11.7 Å². The topological polar surface area (TPSA) is 54.9 Å². The average molecular weight is 428 g/mol. The van der Waals surface area contributed by atoms with Crippen LogP contribution in [0, 0.1) is 13.8 Å². The second-order valence-electron chi connectivity index (χ2n) is 7.47. The zero-order chi connectivity index (χ0) is 21.8. The number of para-hydroxylation sites is 1. The first kappa shape index (κ1) is 21.1. The van der Waals surface area contributed by atoms with Gasteiger partial charge in [0.15, 0.2) is 5.82 Å². The second kappa shape index (κ2) is 9.31. The summed E-state index contributed by atoms with van der Waals surface area (Å²) in [5.74, 6) is 0.925. The molecule has 1 aromatic heterocycles. The van der Waals surface area contributed by atoms with Gasteiger partial charge in [-0.05, 0) is 43.0 Å². The fraction of sp³-hybridized carbons (Fsp3) is 0.192. The van der Waals surface area contributed by atoms with Gasteiger partial charge >= 0.3 is 0 Å². The van der Waals surface area contributed by atoms with Crippen molar-refractivity contribution in [2.45, 2.75) is 32.2 Å². The number of aryl methyl sites for hydroxylation is 2. The monoisotopic (exact) mass is 427 g/mol. The van der Waals surface area contributed by atoms with Gasteiger partial charge in [-0.3, -0.25) is 4.79 Å². The number of hydrogen-bond acceptors (Lipinski definition) is 4. The molecule has 0 radical (unpaired) electrons. The minimum atomic E-state index is -0.0432. The number of amides is 1. The molecular formula is C26H25N3OS. The maximum atomic E-state index is 12.7. The maximum Gasteiger partial charge on any atom is 0.234 e. The fourth-order valence-corrected chi connectivity index (χ4v) is 4.31. The van der Waals surface area contributed by atoms with Crippen molar-refractivity contribution in [3.8, 4) is 11.4 Å². The van der Waals surface area contributed by atoms with Gasteiger partial charge in [0.1, 0.15) is 5.03 Å². The van der Waals surface area contributed by atoms with Gasteiger partial charge in [0.25, 0.3) is 0 Å². The Labute approximate surface area is 187 Å². The summed E-state index contributed by atoms with van der Waals surface area (Å²) in [6.45, 7) is 6.20. The normalized spacial score (nSPS) is 10.9. The summed E-state index contributed by atoms with van der Waals surface area (Å²) < 4.78 is 0. The molecule has 1 N–H and O–H groups in total. The molecule has 4 rings (SSSR count). The Morgan fingerprint density at radius 2 is 1.71 bits per heavy atom. The number of carbonyl (C=O) groups excluding carboxylic acids is 1. The minimum Gasteiger partial charge on any atom is -0.325 e. The summed E-state index contributed by atoms with van der Waals surface area (Å²) in [6, 6.07) is 22.1. The lowest BCUT2D eigenvalue weighted by Crippen LogP contribution is -2.15. The van der Waals surface area contributed by atoms with E-state index >= 15 is 0 Å². The molecule has 1 amide bonds. The summed E-state index contributed by atoms with van der Waals surface area (Å²) in [7, 11) is 0. The highest BCUT2D eigenvalue weighted by molar-refractivity contribution is 8.00. The van der Waals surface area contributed by atoms with Crippen LogP contribution in [0.5, 0.6) is 0 Å². The predicted octanol–water partition coefficient (Wildman–Crippen LogP) is 6.21. The molecule has 0 fully saturated rings. The van der Waals surface area contributed by atoms with E-state index in [1.807, 2.05) is 74.5 Å². The third kappa shape index (κ3) is 4.62. The van der Waals surface area contributed by atoms with Crippen molar-refractivity contribution in [3.05, 3.63) is 83.4 Å². The molecule has 5 heteroatoms. The number of benzene rings is 3. The van der Waals surface area contributed by atoms with Crippen LogP contribution in [0.25, 0.3) is 22.3 Å². The number of nitrogens with one attached hydrogen (secondary N) is 1. The lowest BCUT2D eigenvalue weighted by molar-refractivity contribution is -0.113. The summed E-state index contributed by atoms with van der Waals surface area (Å²) in [5, 5.41) is 4.85. The molecule has 156 valence electrons. The molecule has 0 aliphatic carbocycles. The smallest absolute Gasteiger partial charge is 0.234 e. The molecule has 1 heterocycles. The van der Waals surface area contributed by atoms with Gasteiger partial charge in [0.2, 0.25) is 5.91 Å². The highest BCUT2D eigenvalue weighted by Gasteiger charge is 2.14. The number of carbonyl (C=O) groups is 1. The molecule has 31 heavy (non-hydrogen) atoms. The van der Waals surface area contributed by atoms with Gasteiger partial charge in [0, 0.05) is 16.6 Å². The van der Waals surface area contributed by atoms with E-state index < -0.39 is 0 Å². The van der Waals surface area contributed by atoms with E-state index in [1.165, 1.54) is 17.3 Å². The highest BCUT2D eigenvalue weighted by Crippen LogP contribution is 2.30. The third-order valence-electron chi connectivity index (χ3n) is 5.41. The zero-order valence-corrected chi connectivity index (χ0v) is 18.8. The van der Waals surface area contributed by atoms with Gasteiger partial charge in [0.05, 0.1) is 11.3 Å². The number of nitrogens with zero attached hydrogens (tertiary/aromatic N) is 2. The lowest BCUT2D eigenvalue weighted by atomic mass is 10.1. The summed E-state index contributed by atoms with van der Waals surface area (Å²) in [6.07, 6.45) is 0.889. The summed E-state index contributed by atoms with van der Waals surface area (Å²) >= 11 is 1.45. The number of thioether (sulfide) groups is 1. The van der Waals surface area contributed by atoms with E-state index in [0.717, 1.165) is 44.7 Å². The van der Waals surface area contributed by atoms with Gasteiger partial charge < -0.3 is 5.32 Å². The van der Waals surface area contributed by atoms with E-state index in [0.29, 0.717) is 5.82 Å². The first-order chi connectivity index (χ1) is 15.1. The Bertz CT molecular complexity index is 1240. The van der Waals surface area contributed by atoms with Gasteiger partial charge in [-0.2, -0.15) is 0 Å². The first-order valence-corrected chi connectivity index (χ1v) is 11.4. The molecule has 0 saturated heterocycles. The van der Waals surface area contributed by atoms with Gasteiger partial charge in [-0.15, -0.1) is 0 Å². The molecule has 0 aliphatic heterocycles. The fourth-order valence-electron chi connectivity index (χ4n) is 3.50. The number of hydrogen-bond donors (Lipinski definition) is 1. The van der Waals surface area contributed by atoms with Crippen LogP contribution in [0.4, 0.5) is 5.69 Å². The molecule has 0 bridgehead atoms. The van der Waals surface area contributed by atoms with Crippen LogP contribution >= 0.6 is 11.8 Å². The Hall–Kier alpha value is -3.18. The summed E-state index contributed by atoms with van der Waals surface area (Å²) in [4.78, 5) is 22.4. The first-order valence-electron chi connectivity index (χ1n) is 10.4. The quantitative estimate of drug-likeness (QED) is 0.294. The molecule has 0 aliphatic rings. The molecular weight excluding hydrogens is 402 g/mol. The largest absolute Gasteiger partial charge is 0.325 e. The third-order valence-corrected chi connectivity index (χ3v) is 6.40. The van der Waals surface area contributed by atoms with Crippen LogP contribution in [0.15, 0.2) is 71.8 Å². The number of aromatic nitrogens is 2. The molecule has 0 saturated carbocycles. The molecule has 3 aromatic carbocycles. The SMILES string of the molecule is CCc1cccc2c(SCC(=O)Nc3cccc(C)c3C)nc(-c3ccccc3)nc12. The van der Waals surface area contributed by atoms with Crippen LogP contribution in [-0.2, 0) is 11.2 Å². The Balaban J connectivity index is 1.64. The molecule has 4 aromatic rings. The van der Waals surface area contributed by atoms with E-state index in [1.54, 1.807) is 0 Å². The van der Waals surface area contributed by atoms with Gasteiger partial charge in [-0.1, -0.05) is 79.3 Å². The Morgan fingerprint density at radius 1 is 0.935 bits per heavy atom. The van der Waals surface area contributed by atoms with Crippen LogP contribution < -0.4 is 5.32 Å². The molecule has 4 nitrogen and oxygen atoms in total. The predicted molar refractivity (Wildman–Crippen MR) is 130 cm³/mol. The van der Waals surface area contributed by atoms with Crippen molar-refractivity contribution in [2.24, 2.45) is 0 Å². The van der Waals surface area contributed by atoms with Crippen molar-refractivity contribution in [3.63, 3.8) is 0 Å². The van der Waals surface area contributed by atoms with Crippen molar-refractivity contribution < 1.29 is 4.79 Å². The van der Waals surface area contributed by atoms with Crippen molar-refractivity contribution >= 4 is 34.3 Å². The van der Waals surface area contributed by atoms with Crippen LogP contribution in [0.2, 0.25) is 0 Å². The van der Waals surface area contributed by atoms with E-state index in [4.69, 9.17) is 9.97 Å². The zero-order valence-electron chi connectivity index (χ0n) is 18.0. The minimum absolute atomic E-state index is 0.0432. The number of fused-ring (bicyclic) bond motifs is 1. The Morgan fingerprint density at radius 3 is 2.48 bits per heavy atom. The number of rotatable bonds is 6. The summed E-state index contributed by atoms with van der Waals surface area (Å²) in [5.41, 5.74) is 6.21. The van der Waals surface area contributed by atoms with Crippen LogP contribution in [0.3, 0.4) is 0 Å². The lowest BCUT2D eigenvalue weighted by Gasteiger charge is -2.12. The molecule has 0 atom stereocenters. The maximum absolute atomic E-state index is 12.7. The van der Waals surface area contributed by atoms with E-state index in [9.17, 15) is 4.79 Å². The highest BCUT2D eigenvalue weighted by atomic mass is 32.2. The van der Waals surface area contributed by atoms with Crippen molar-refractivity contribution in [1.29, 1.82) is 0 Å². The van der Waals surface area contributed by atoms with E-state index in [2.05, 4.69) is 18.3 Å². The van der Waals surface area contributed by atoms with Crippen LogP contribution in [-0.4, -0.2) is 21.6 Å². The molecule has 0 spiro atoms. The second-order valence-corrected chi connectivity index (χ2v) is 8.43. The van der Waals surface area contributed by atoms with Crippen LogP contribution in [0.1, 0.15) is 23.6 Å². The van der Waals surface area contributed by atoms with Crippen molar-refractivity contribution in [2.75, 3.05) is 11.1 Å². The standard InChI is InChI=1S/C26H25N3OS/c1-4-19-13-9-14-21-24(19)28-25(20-11-6-5-7-12-20)29-26(21)31-16-23(30)27-22-15-8-10-17(2)18(22)3/h5-15H,4,16H2,1-3H3,(H,27,30). The Kier molecular flexibility index (Phi) is 6.33. The van der Waals surface area contributed by atoms with Crippen molar-refractivity contribution in [1.82, 2.24) is 9.97 Å². The van der Waals surface area contributed by atoms with Gasteiger partial charge in [-0.25, -0.2) is 9.97 Å².